The molecule has 22 heavy (non-hydrogen) atoms. The van der Waals surface area contributed by atoms with Crippen LogP contribution in [0.5, 0.6) is 0 Å². The lowest BCUT2D eigenvalue weighted by Crippen LogP contribution is -2.24. The van der Waals surface area contributed by atoms with Gasteiger partial charge in [0.25, 0.3) is 0 Å². The molecule has 0 radical (unpaired) electrons. The van der Waals surface area contributed by atoms with E-state index in [2.05, 4.69) is 46.8 Å². The molecular weight excluding hydrogens is 274 g/mol. The second-order valence-corrected chi connectivity index (χ2v) is 6.16. The first-order valence-corrected chi connectivity index (χ1v) is 7.93. The fourth-order valence-corrected chi connectivity index (χ4v) is 3.54. The average molecular weight is 295 g/mol. The number of hydrogen-bond acceptors (Lipinski definition) is 3. The summed E-state index contributed by atoms with van der Waals surface area (Å²) in [5.41, 5.74) is 2.29. The third-order valence-corrected chi connectivity index (χ3v) is 4.64. The fraction of sp³-hybridized carbons (Fsp3) is 0.389. The van der Waals surface area contributed by atoms with Gasteiger partial charge in [0.05, 0.1) is 23.6 Å². The van der Waals surface area contributed by atoms with E-state index in [1.54, 1.807) is 0 Å². The normalized spacial score (nSPS) is 19.3. The van der Waals surface area contributed by atoms with Crippen LogP contribution in [0.15, 0.2) is 40.8 Å². The predicted molar refractivity (Wildman–Crippen MR) is 86.5 cm³/mol. The zero-order valence-electron chi connectivity index (χ0n) is 13.1. The number of furan rings is 1. The number of hydrogen-bond donors (Lipinski definition) is 0. The van der Waals surface area contributed by atoms with Gasteiger partial charge in [0.1, 0.15) is 17.3 Å². The van der Waals surface area contributed by atoms with Gasteiger partial charge in [-0.3, -0.25) is 4.90 Å². The lowest BCUT2D eigenvalue weighted by molar-refractivity contribution is 0.217. The van der Waals surface area contributed by atoms with Crippen LogP contribution in [0.3, 0.4) is 0 Å². The lowest BCUT2D eigenvalue weighted by atomic mass is 10.2. The molecule has 4 heteroatoms. The maximum Gasteiger partial charge on any atom is 0.127 e. The molecule has 1 aromatic carbocycles. The summed E-state index contributed by atoms with van der Waals surface area (Å²) in [5.74, 6) is 3.19. The second-order valence-electron chi connectivity index (χ2n) is 6.16. The molecule has 0 N–H and O–H groups in total. The van der Waals surface area contributed by atoms with Crippen LogP contribution in [-0.4, -0.2) is 21.0 Å². The number of aromatic nitrogens is 2. The molecule has 0 amide bonds. The molecule has 3 heterocycles. The topological polar surface area (TPSA) is 34.2 Å². The van der Waals surface area contributed by atoms with Crippen molar-refractivity contribution in [3.05, 3.63) is 53.7 Å². The maximum atomic E-state index is 5.75. The molecule has 1 atom stereocenters. The molecule has 1 aliphatic heterocycles. The molecular formula is C18H21N3O. The van der Waals surface area contributed by atoms with Crippen LogP contribution in [0.2, 0.25) is 0 Å². The standard InChI is InChI=1S/C18H21N3O/c1-13-9-10-14(22-13)12-21-11-5-8-17(21)18-19-15-6-3-4-7-16(15)20(18)2/h3-4,6-7,9-10,17H,5,8,11-12H2,1-2H3/t17-/m0/s1. The molecule has 4 nitrogen and oxygen atoms in total. The smallest absolute Gasteiger partial charge is 0.127 e. The molecule has 1 fully saturated rings. The highest BCUT2D eigenvalue weighted by Gasteiger charge is 2.30. The van der Waals surface area contributed by atoms with Gasteiger partial charge >= 0.3 is 0 Å². The summed E-state index contributed by atoms with van der Waals surface area (Å²) in [6.07, 6.45) is 2.38. The van der Waals surface area contributed by atoms with E-state index >= 15 is 0 Å². The van der Waals surface area contributed by atoms with Crippen molar-refractivity contribution in [3.8, 4) is 0 Å². The lowest BCUT2D eigenvalue weighted by Gasteiger charge is -2.23. The molecule has 114 valence electrons. The van der Waals surface area contributed by atoms with Crippen molar-refractivity contribution in [2.75, 3.05) is 6.54 Å². The number of benzene rings is 1. The Labute approximate surface area is 130 Å². The molecule has 0 spiro atoms. The Balaban J connectivity index is 1.66. The highest BCUT2D eigenvalue weighted by molar-refractivity contribution is 5.75. The number of likely N-dealkylation sites (tertiary alicyclic amines) is 1. The van der Waals surface area contributed by atoms with Gasteiger partial charge in [-0.2, -0.15) is 0 Å². The first-order chi connectivity index (χ1) is 10.7. The number of fused-ring (bicyclic) bond motifs is 1. The van der Waals surface area contributed by atoms with E-state index in [-0.39, 0.29) is 0 Å². The van der Waals surface area contributed by atoms with E-state index in [4.69, 9.17) is 9.40 Å². The third kappa shape index (κ3) is 2.24. The third-order valence-electron chi connectivity index (χ3n) is 4.64. The number of nitrogens with zero attached hydrogens (tertiary/aromatic N) is 3. The van der Waals surface area contributed by atoms with Gasteiger partial charge in [-0.15, -0.1) is 0 Å². The number of imidazole rings is 1. The van der Waals surface area contributed by atoms with Gasteiger partial charge in [0, 0.05) is 7.05 Å². The zero-order valence-corrected chi connectivity index (χ0v) is 13.1. The summed E-state index contributed by atoms with van der Waals surface area (Å²) in [7, 11) is 2.12. The first-order valence-electron chi connectivity index (χ1n) is 7.93. The van der Waals surface area contributed by atoms with Gasteiger partial charge in [0.15, 0.2) is 0 Å². The van der Waals surface area contributed by atoms with Crippen LogP contribution in [0, 0.1) is 6.92 Å². The largest absolute Gasteiger partial charge is 0.465 e. The summed E-state index contributed by atoms with van der Waals surface area (Å²) < 4.78 is 7.99. The van der Waals surface area contributed by atoms with Crippen LogP contribution in [0.1, 0.15) is 36.2 Å². The molecule has 0 bridgehead atoms. The van der Waals surface area contributed by atoms with Gasteiger partial charge in [-0.05, 0) is 50.6 Å². The van der Waals surface area contributed by atoms with Gasteiger partial charge in [-0.25, -0.2) is 4.98 Å². The Morgan fingerprint density at radius 2 is 2.09 bits per heavy atom. The van der Waals surface area contributed by atoms with Gasteiger partial charge in [-0.1, -0.05) is 12.1 Å². The molecule has 4 rings (SSSR count). The summed E-state index contributed by atoms with van der Waals surface area (Å²) in [5, 5.41) is 0. The van der Waals surface area contributed by atoms with E-state index in [0.29, 0.717) is 6.04 Å². The number of para-hydroxylation sites is 2. The number of aryl methyl sites for hydroxylation is 2. The summed E-state index contributed by atoms with van der Waals surface area (Å²) in [6, 6.07) is 12.9. The Kier molecular flexibility index (Phi) is 3.26. The Bertz CT molecular complexity index is 802. The van der Waals surface area contributed by atoms with Crippen LogP contribution in [0.4, 0.5) is 0 Å². The van der Waals surface area contributed by atoms with Crippen molar-refractivity contribution >= 4 is 11.0 Å². The molecule has 0 aliphatic carbocycles. The van der Waals surface area contributed by atoms with Crippen LogP contribution < -0.4 is 0 Å². The predicted octanol–water partition coefficient (Wildman–Crippen LogP) is 3.81. The molecule has 2 aromatic heterocycles. The second kappa shape index (κ2) is 5.29. The van der Waals surface area contributed by atoms with Crippen LogP contribution >= 0.6 is 0 Å². The Morgan fingerprint density at radius 1 is 1.23 bits per heavy atom. The SMILES string of the molecule is Cc1ccc(CN2CCC[C@H]2c2nc3ccccc3n2C)o1. The molecule has 0 saturated carbocycles. The highest BCUT2D eigenvalue weighted by atomic mass is 16.3. The van der Waals surface area contributed by atoms with Gasteiger partial charge < -0.3 is 8.98 Å². The molecule has 1 aliphatic rings. The van der Waals surface area contributed by atoms with E-state index < -0.39 is 0 Å². The van der Waals surface area contributed by atoms with E-state index in [1.807, 2.05) is 13.0 Å². The average Bonchev–Trinajstić information content (AvgIpc) is 3.21. The van der Waals surface area contributed by atoms with Crippen LogP contribution in [0.25, 0.3) is 11.0 Å². The van der Waals surface area contributed by atoms with E-state index in [9.17, 15) is 0 Å². The Hall–Kier alpha value is -2.07. The van der Waals surface area contributed by atoms with Crippen molar-refractivity contribution in [1.82, 2.24) is 14.5 Å². The van der Waals surface area contributed by atoms with Crippen molar-refractivity contribution in [1.29, 1.82) is 0 Å². The van der Waals surface area contributed by atoms with Crippen molar-refractivity contribution in [2.24, 2.45) is 7.05 Å². The van der Waals surface area contributed by atoms with Crippen molar-refractivity contribution in [2.45, 2.75) is 32.4 Å². The van der Waals surface area contributed by atoms with Crippen molar-refractivity contribution < 1.29 is 4.42 Å². The zero-order chi connectivity index (χ0) is 15.1. The quantitative estimate of drug-likeness (QED) is 0.737. The van der Waals surface area contributed by atoms with Gasteiger partial charge in [0.2, 0.25) is 0 Å². The van der Waals surface area contributed by atoms with E-state index in [1.165, 1.54) is 17.8 Å². The molecule has 0 unspecified atom stereocenters. The van der Waals surface area contributed by atoms with Crippen molar-refractivity contribution in [3.63, 3.8) is 0 Å². The first kappa shape index (κ1) is 13.6. The molecule has 1 saturated heterocycles. The Morgan fingerprint density at radius 3 is 2.86 bits per heavy atom. The maximum absolute atomic E-state index is 5.75. The minimum Gasteiger partial charge on any atom is -0.465 e. The summed E-state index contributed by atoms with van der Waals surface area (Å²) >= 11 is 0. The molecule has 3 aromatic rings. The fourth-order valence-electron chi connectivity index (χ4n) is 3.54. The summed E-state index contributed by atoms with van der Waals surface area (Å²) in [4.78, 5) is 7.37. The minimum absolute atomic E-state index is 0.378. The van der Waals surface area contributed by atoms with Crippen LogP contribution in [-0.2, 0) is 13.6 Å². The van der Waals surface area contributed by atoms with E-state index in [0.717, 1.165) is 36.5 Å². The summed E-state index contributed by atoms with van der Waals surface area (Å²) in [6.45, 7) is 3.96. The monoisotopic (exact) mass is 295 g/mol. The minimum atomic E-state index is 0.378. The number of rotatable bonds is 3. The highest BCUT2D eigenvalue weighted by Crippen LogP contribution is 2.34.